The largest absolute Gasteiger partial charge is 0.338 e. The van der Waals surface area contributed by atoms with Crippen molar-refractivity contribution in [1.29, 1.82) is 0 Å². The SMILES string of the molecule is Cc1cccc(CN2C(=O)/C(=C/c3ccccc3)SC3CCC(C(=O)N4CCc5ccccc5C4)CC32)c1. The van der Waals surface area contributed by atoms with Crippen LogP contribution >= 0.6 is 11.8 Å². The lowest BCUT2D eigenvalue weighted by Gasteiger charge is -2.46. The second-order valence-electron chi connectivity index (χ2n) is 10.9. The summed E-state index contributed by atoms with van der Waals surface area (Å²) in [4.78, 5) is 32.6. The summed E-state index contributed by atoms with van der Waals surface area (Å²) in [5, 5.41) is 0.304. The molecule has 2 amide bonds. The number of nitrogens with zero attached hydrogens (tertiary/aromatic N) is 2. The van der Waals surface area contributed by atoms with Crippen molar-refractivity contribution in [3.05, 3.63) is 112 Å². The summed E-state index contributed by atoms with van der Waals surface area (Å²) in [7, 11) is 0. The fourth-order valence-electron chi connectivity index (χ4n) is 6.25. The molecule has 3 aromatic carbocycles. The average molecular weight is 523 g/mol. The Morgan fingerprint density at radius 2 is 1.76 bits per heavy atom. The molecule has 0 N–H and O–H groups in total. The highest BCUT2D eigenvalue weighted by Gasteiger charge is 2.45. The van der Waals surface area contributed by atoms with E-state index in [1.165, 1.54) is 16.7 Å². The van der Waals surface area contributed by atoms with Crippen molar-refractivity contribution in [3.63, 3.8) is 0 Å². The standard InChI is InChI=1S/C33H34N2O2S/c1-23-8-7-11-25(18-23)21-35-29-20-27(32(36)34-17-16-26-12-5-6-13-28(26)22-34)14-15-30(29)38-31(33(35)37)19-24-9-3-2-4-10-24/h2-13,18-19,27,29-30H,14-17,20-22H2,1H3/b31-19-. The molecule has 194 valence electrons. The van der Waals surface area contributed by atoms with E-state index in [0.29, 0.717) is 18.3 Å². The molecule has 38 heavy (non-hydrogen) atoms. The monoisotopic (exact) mass is 522 g/mol. The molecule has 1 aliphatic carbocycles. The first-order valence-corrected chi connectivity index (χ1v) is 14.6. The summed E-state index contributed by atoms with van der Waals surface area (Å²) >= 11 is 1.72. The fourth-order valence-corrected chi connectivity index (χ4v) is 7.67. The molecule has 0 aromatic heterocycles. The van der Waals surface area contributed by atoms with Crippen LogP contribution in [0.5, 0.6) is 0 Å². The highest BCUT2D eigenvalue weighted by Crippen LogP contribution is 2.45. The van der Waals surface area contributed by atoms with Crippen LogP contribution in [0, 0.1) is 12.8 Å². The molecule has 5 heteroatoms. The lowest BCUT2D eigenvalue weighted by molar-refractivity contribution is -0.140. The number of amides is 2. The molecule has 3 atom stereocenters. The van der Waals surface area contributed by atoms with Crippen molar-refractivity contribution >= 4 is 29.7 Å². The Bertz CT molecular complexity index is 1370. The van der Waals surface area contributed by atoms with Gasteiger partial charge in [-0.15, -0.1) is 11.8 Å². The van der Waals surface area contributed by atoms with Crippen molar-refractivity contribution in [2.45, 2.75) is 57.0 Å². The topological polar surface area (TPSA) is 40.6 Å². The molecule has 1 saturated heterocycles. The molecule has 2 aliphatic heterocycles. The van der Waals surface area contributed by atoms with Gasteiger partial charge in [0.1, 0.15) is 0 Å². The zero-order chi connectivity index (χ0) is 26.1. The van der Waals surface area contributed by atoms with E-state index in [4.69, 9.17) is 0 Å². The number of fused-ring (bicyclic) bond motifs is 2. The van der Waals surface area contributed by atoms with E-state index in [1.54, 1.807) is 11.8 Å². The van der Waals surface area contributed by atoms with Gasteiger partial charge in [0.05, 0.1) is 4.91 Å². The maximum absolute atomic E-state index is 13.9. The van der Waals surface area contributed by atoms with E-state index in [0.717, 1.165) is 48.3 Å². The minimum atomic E-state index is -0.0328. The van der Waals surface area contributed by atoms with E-state index in [-0.39, 0.29) is 23.8 Å². The molecular formula is C33H34N2O2S. The second-order valence-corrected chi connectivity index (χ2v) is 12.1. The molecule has 4 nitrogen and oxygen atoms in total. The van der Waals surface area contributed by atoms with Crippen LogP contribution in [0.25, 0.3) is 6.08 Å². The summed E-state index contributed by atoms with van der Waals surface area (Å²) in [6, 6.07) is 27.1. The van der Waals surface area contributed by atoms with Gasteiger partial charge >= 0.3 is 0 Å². The number of aryl methyl sites for hydroxylation is 1. The zero-order valence-electron chi connectivity index (χ0n) is 21.9. The third-order valence-electron chi connectivity index (χ3n) is 8.23. The third-order valence-corrected chi connectivity index (χ3v) is 9.63. The van der Waals surface area contributed by atoms with Gasteiger partial charge in [-0.05, 0) is 60.9 Å². The van der Waals surface area contributed by atoms with E-state index in [1.807, 2.05) is 36.4 Å². The van der Waals surface area contributed by atoms with Gasteiger partial charge in [0.25, 0.3) is 5.91 Å². The van der Waals surface area contributed by atoms with Gasteiger partial charge in [0, 0.05) is 36.8 Å². The fraction of sp³-hybridized carbons (Fsp3) is 0.333. The molecule has 3 unspecified atom stereocenters. The van der Waals surface area contributed by atoms with E-state index >= 15 is 0 Å². The molecule has 0 bridgehead atoms. The van der Waals surface area contributed by atoms with Crippen molar-refractivity contribution < 1.29 is 9.59 Å². The van der Waals surface area contributed by atoms with Gasteiger partial charge in [0.2, 0.25) is 5.91 Å². The van der Waals surface area contributed by atoms with Crippen LogP contribution in [0.3, 0.4) is 0 Å². The maximum Gasteiger partial charge on any atom is 0.260 e. The lowest BCUT2D eigenvalue weighted by Crippen LogP contribution is -2.54. The number of carbonyl (C=O) groups is 2. The number of thioether (sulfide) groups is 1. The minimum absolute atomic E-state index is 0.0328. The molecule has 3 aliphatic rings. The molecule has 6 rings (SSSR count). The maximum atomic E-state index is 13.9. The first-order chi connectivity index (χ1) is 18.5. The molecule has 1 saturated carbocycles. The van der Waals surface area contributed by atoms with Gasteiger partial charge < -0.3 is 9.80 Å². The molecule has 0 spiro atoms. The molecule has 2 fully saturated rings. The van der Waals surface area contributed by atoms with Gasteiger partial charge in [-0.25, -0.2) is 0 Å². The van der Waals surface area contributed by atoms with Crippen LogP contribution in [-0.2, 0) is 29.1 Å². The van der Waals surface area contributed by atoms with Gasteiger partial charge in [-0.1, -0.05) is 84.4 Å². The van der Waals surface area contributed by atoms with Crippen LogP contribution in [0.4, 0.5) is 0 Å². The van der Waals surface area contributed by atoms with Crippen LogP contribution in [-0.4, -0.2) is 39.5 Å². The molecule has 0 radical (unpaired) electrons. The van der Waals surface area contributed by atoms with Crippen molar-refractivity contribution in [2.24, 2.45) is 5.92 Å². The van der Waals surface area contributed by atoms with Crippen molar-refractivity contribution in [2.75, 3.05) is 6.54 Å². The predicted octanol–water partition coefficient (Wildman–Crippen LogP) is 6.23. The Labute approximate surface area is 229 Å². The minimum Gasteiger partial charge on any atom is -0.338 e. The van der Waals surface area contributed by atoms with E-state index < -0.39 is 0 Å². The summed E-state index contributed by atoms with van der Waals surface area (Å²) in [6.45, 7) is 4.15. The summed E-state index contributed by atoms with van der Waals surface area (Å²) in [6.07, 6.45) is 5.53. The highest BCUT2D eigenvalue weighted by molar-refractivity contribution is 8.04. The molecule has 2 heterocycles. The van der Waals surface area contributed by atoms with Crippen molar-refractivity contribution in [1.82, 2.24) is 9.80 Å². The number of carbonyl (C=O) groups excluding carboxylic acids is 2. The number of benzene rings is 3. The predicted molar refractivity (Wildman–Crippen MR) is 154 cm³/mol. The highest BCUT2D eigenvalue weighted by atomic mass is 32.2. The second kappa shape index (κ2) is 10.8. The Morgan fingerprint density at radius 3 is 2.58 bits per heavy atom. The molecule has 3 aromatic rings. The Hall–Kier alpha value is -3.31. The number of hydrogen-bond acceptors (Lipinski definition) is 3. The van der Waals surface area contributed by atoms with Gasteiger partial charge in [-0.3, -0.25) is 9.59 Å². The Kier molecular flexibility index (Phi) is 7.12. The summed E-state index contributed by atoms with van der Waals surface area (Å²) in [5.74, 6) is 0.313. The Balaban J connectivity index is 1.25. The van der Waals surface area contributed by atoms with Crippen LogP contribution in [0.2, 0.25) is 0 Å². The number of rotatable bonds is 4. The van der Waals surface area contributed by atoms with E-state index in [2.05, 4.69) is 65.3 Å². The smallest absolute Gasteiger partial charge is 0.260 e. The zero-order valence-corrected chi connectivity index (χ0v) is 22.7. The third kappa shape index (κ3) is 5.17. The quantitative estimate of drug-likeness (QED) is 0.381. The first-order valence-electron chi connectivity index (χ1n) is 13.7. The number of hydrogen-bond donors (Lipinski definition) is 0. The van der Waals surface area contributed by atoms with E-state index in [9.17, 15) is 9.59 Å². The van der Waals surface area contributed by atoms with Crippen LogP contribution < -0.4 is 0 Å². The summed E-state index contributed by atoms with van der Waals surface area (Å²) < 4.78 is 0. The summed E-state index contributed by atoms with van der Waals surface area (Å²) in [5.41, 5.74) is 6.01. The normalized spacial score (nSPS) is 24.2. The van der Waals surface area contributed by atoms with Crippen LogP contribution in [0.1, 0.15) is 47.1 Å². The Morgan fingerprint density at radius 1 is 0.974 bits per heavy atom. The van der Waals surface area contributed by atoms with Gasteiger partial charge in [0.15, 0.2) is 0 Å². The average Bonchev–Trinajstić information content (AvgIpc) is 2.95. The molecular weight excluding hydrogens is 488 g/mol. The lowest BCUT2D eigenvalue weighted by atomic mass is 9.82. The van der Waals surface area contributed by atoms with Crippen LogP contribution in [0.15, 0.2) is 83.8 Å². The van der Waals surface area contributed by atoms with Gasteiger partial charge in [-0.2, -0.15) is 0 Å². The van der Waals surface area contributed by atoms with Crippen molar-refractivity contribution in [3.8, 4) is 0 Å². The first kappa shape index (κ1) is 25.0.